The molecule has 0 saturated carbocycles. The summed E-state index contributed by atoms with van der Waals surface area (Å²) in [5, 5.41) is 0. The highest BCUT2D eigenvalue weighted by Crippen LogP contribution is 2.41. The first-order valence-corrected chi connectivity index (χ1v) is 9.64. The lowest BCUT2D eigenvalue weighted by atomic mass is 10.0. The summed E-state index contributed by atoms with van der Waals surface area (Å²) >= 11 is 0. The number of hydrogen-bond donors (Lipinski definition) is 0. The van der Waals surface area contributed by atoms with Crippen molar-refractivity contribution in [1.82, 2.24) is 0 Å². The van der Waals surface area contributed by atoms with E-state index in [0.29, 0.717) is 31.1 Å². The number of ether oxygens (including phenoxy) is 4. The average molecular weight is 388 g/mol. The van der Waals surface area contributed by atoms with E-state index < -0.39 is 0 Å². The summed E-state index contributed by atoms with van der Waals surface area (Å²) in [6.07, 6.45) is 4.55. The number of benzene rings is 2. The molecule has 1 aliphatic carbocycles. The number of nitrogens with zero attached hydrogens (tertiary/aromatic N) is 1. The molecule has 3 heterocycles. The van der Waals surface area contributed by atoms with E-state index in [2.05, 4.69) is 0 Å². The highest BCUT2D eigenvalue weighted by atomic mass is 16.7. The average Bonchev–Trinajstić information content (AvgIpc) is 3.36. The molecule has 1 unspecified atom stereocenters. The Hall–Kier alpha value is -3.54. The fourth-order valence-electron chi connectivity index (χ4n) is 4.23. The van der Waals surface area contributed by atoms with Gasteiger partial charge in [0.25, 0.3) is 0 Å². The van der Waals surface area contributed by atoms with E-state index in [-0.39, 0.29) is 18.6 Å². The molecule has 0 amide bonds. The van der Waals surface area contributed by atoms with Crippen LogP contribution < -0.4 is 23.5 Å². The number of para-hydroxylation sites is 1. The molecule has 1 aromatic heterocycles. The molecule has 0 N–H and O–H groups in total. The summed E-state index contributed by atoms with van der Waals surface area (Å²) < 4.78 is 24.3. The Balaban J connectivity index is 1.31. The van der Waals surface area contributed by atoms with Crippen molar-refractivity contribution in [3.05, 3.63) is 66.0 Å². The molecule has 6 rings (SSSR count). The van der Waals surface area contributed by atoms with Gasteiger partial charge in [0.2, 0.25) is 18.6 Å². The number of aromatic nitrogens is 1. The standard InChI is InChI=1S/C23H18NO5/c25-22-17-12-21-20(28-13-29-21)11-15(17)10-18(22)24-6-4-14(5-7-24)16-2-1-3-19-23(16)27-9-8-26-19/h1-7,11-12,18H,8-10,13H2/q+1. The summed E-state index contributed by atoms with van der Waals surface area (Å²) in [6.45, 7) is 1.32. The van der Waals surface area contributed by atoms with Crippen LogP contribution in [0.15, 0.2) is 54.9 Å². The Labute approximate surface area is 167 Å². The second-order valence-corrected chi connectivity index (χ2v) is 7.31. The molecule has 1 atom stereocenters. The lowest BCUT2D eigenvalue weighted by Crippen LogP contribution is -2.42. The van der Waals surface area contributed by atoms with Crippen LogP contribution in [0.5, 0.6) is 23.0 Å². The molecule has 6 heteroatoms. The summed E-state index contributed by atoms with van der Waals surface area (Å²) in [6, 6.07) is 13.4. The summed E-state index contributed by atoms with van der Waals surface area (Å²) in [5.41, 5.74) is 3.73. The van der Waals surface area contributed by atoms with Crippen LogP contribution in [-0.2, 0) is 6.42 Å². The number of carbonyl (C=O) groups excluding carboxylic acids is 1. The van der Waals surface area contributed by atoms with Crippen LogP contribution in [0.3, 0.4) is 0 Å². The first kappa shape index (κ1) is 16.4. The highest BCUT2D eigenvalue weighted by Gasteiger charge is 2.39. The van der Waals surface area contributed by atoms with Gasteiger partial charge in [-0.15, -0.1) is 0 Å². The highest BCUT2D eigenvalue weighted by molar-refractivity contribution is 6.03. The molecular weight excluding hydrogens is 370 g/mol. The van der Waals surface area contributed by atoms with Gasteiger partial charge in [-0.1, -0.05) is 12.1 Å². The Morgan fingerprint density at radius 3 is 2.48 bits per heavy atom. The van der Waals surface area contributed by atoms with Gasteiger partial charge in [0.05, 0.1) is 0 Å². The van der Waals surface area contributed by atoms with Gasteiger partial charge in [0, 0.05) is 29.7 Å². The van der Waals surface area contributed by atoms with Crippen molar-refractivity contribution in [3.8, 4) is 34.1 Å². The van der Waals surface area contributed by atoms with Crippen molar-refractivity contribution in [1.29, 1.82) is 0 Å². The van der Waals surface area contributed by atoms with Gasteiger partial charge < -0.3 is 18.9 Å². The minimum Gasteiger partial charge on any atom is -0.486 e. The molecule has 144 valence electrons. The normalized spacial score (nSPS) is 18.6. The fourth-order valence-corrected chi connectivity index (χ4v) is 4.23. The molecule has 6 nitrogen and oxygen atoms in total. The lowest BCUT2D eigenvalue weighted by molar-refractivity contribution is -0.706. The lowest BCUT2D eigenvalue weighted by Gasteiger charge is -2.20. The molecule has 0 fully saturated rings. The minimum atomic E-state index is -0.258. The van der Waals surface area contributed by atoms with Crippen molar-refractivity contribution in [2.75, 3.05) is 20.0 Å². The first-order chi connectivity index (χ1) is 14.3. The zero-order valence-corrected chi connectivity index (χ0v) is 15.6. The number of hydrogen-bond acceptors (Lipinski definition) is 5. The van der Waals surface area contributed by atoms with Crippen LogP contribution in [0.2, 0.25) is 0 Å². The van der Waals surface area contributed by atoms with E-state index in [1.807, 2.05) is 59.4 Å². The summed E-state index contributed by atoms with van der Waals surface area (Å²) in [5.74, 6) is 3.01. The molecule has 0 spiro atoms. The molecule has 3 aliphatic rings. The smallest absolute Gasteiger partial charge is 0.231 e. The number of rotatable bonds is 2. The third kappa shape index (κ3) is 2.56. The monoisotopic (exact) mass is 388 g/mol. The predicted molar refractivity (Wildman–Crippen MR) is 103 cm³/mol. The van der Waals surface area contributed by atoms with Crippen LogP contribution in [0.4, 0.5) is 0 Å². The maximum atomic E-state index is 13.0. The Morgan fingerprint density at radius 1 is 0.828 bits per heavy atom. The third-order valence-corrected chi connectivity index (χ3v) is 5.67. The van der Waals surface area contributed by atoms with Gasteiger partial charge in [0.1, 0.15) is 13.2 Å². The van der Waals surface area contributed by atoms with Gasteiger partial charge in [-0.2, -0.15) is 4.57 Å². The Bertz CT molecular complexity index is 1140. The van der Waals surface area contributed by atoms with Gasteiger partial charge in [-0.3, -0.25) is 4.79 Å². The van der Waals surface area contributed by atoms with Crippen molar-refractivity contribution < 1.29 is 28.3 Å². The van der Waals surface area contributed by atoms with Crippen molar-refractivity contribution in [2.24, 2.45) is 0 Å². The Kier molecular flexibility index (Phi) is 3.53. The van der Waals surface area contributed by atoms with Crippen LogP contribution in [0, 0.1) is 0 Å². The van der Waals surface area contributed by atoms with Crippen molar-refractivity contribution in [2.45, 2.75) is 12.5 Å². The zero-order chi connectivity index (χ0) is 19.4. The van der Waals surface area contributed by atoms with Crippen LogP contribution >= 0.6 is 0 Å². The molecule has 0 saturated heterocycles. The van der Waals surface area contributed by atoms with Gasteiger partial charge in [-0.05, 0) is 29.3 Å². The van der Waals surface area contributed by atoms with Crippen LogP contribution in [-0.4, -0.2) is 25.8 Å². The van der Waals surface area contributed by atoms with Gasteiger partial charge >= 0.3 is 0 Å². The van der Waals surface area contributed by atoms with E-state index in [1.54, 1.807) is 0 Å². The van der Waals surface area contributed by atoms with Crippen molar-refractivity contribution in [3.63, 3.8) is 0 Å². The quantitative estimate of drug-likeness (QED) is 0.632. The maximum Gasteiger partial charge on any atom is 0.231 e. The van der Waals surface area contributed by atoms with Gasteiger partial charge in [-0.25, -0.2) is 0 Å². The SMILES string of the molecule is O=C1c2cc3c(cc2CC1[n+]1ccc(-c2cccc4c2OCCO4)cc1)OCO3. The number of ketones is 1. The van der Waals surface area contributed by atoms with E-state index in [4.69, 9.17) is 18.9 Å². The van der Waals surface area contributed by atoms with E-state index in [9.17, 15) is 4.79 Å². The predicted octanol–water partition coefficient (Wildman–Crippen LogP) is 3.12. The molecule has 2 aliphatic heterocycles. The van der Waals surface area contributed by atoms with Crippen LogP contribution in [0.25, 0.3) is 11.1 Å². The summed E-state index contributed by atoms with van der Waals surface area (Å²) in [4.78, 5) is 13.0. The molecular formula is C23H18NO5+. The zero-order valence-electron chi connectivity index (χ0n) is 15.6. The first-order valence-electron chi connectivity index (χ1n) is 9.64. The largest absolute Gasteiger partial charge is 0.486 e. The number of carbonyl (C=O) groups is 1. The molecule has 29 heavy (non-hydrogen) atoms. The molecule has 0 radical (unpaired) electrons. The summed E-state index contributed by atoms with van der Waals surface area (Å²) in [7, 11) is 0. The minimum absolute atomic E-state index is 0.102. The molecule has 3 aromatic rings. The number of fused-ring (bicyclic) bond motifs is 3. The fraction of sp³-hybridized carbons (Fsp3) is 0.217. The van der Waals surface area contributed by atoms with Gasteiger partial charge in [0.15, 0.2) is 35.4 Å². The maximum absolute atomic E-state index is 13.0. The number of pyridine rings is 1. The van der Waals surface area contributed by atoms with E-state index in [0.717, 1.165) is 33.8 Å². The van der Waals surface area contributed by atoms with E-state index >= 15 is 0 Å². The third-order valence-electron chi connectivity index (χ3n) is 5.67. The molecule has 0 bridgehead atoms. The topological polar surface area (TPSA) is 57.9 Å². The van der Waals surface area contributed by atoms with Crippen molar-refractivity contribution >= 4 is 5.78 Å². The second kappa shape index (κ2) is 6.24. The van der Waals surface area contributed by atoms with E-state index in [1.165, 1.54) is 0 Å². The van der Waals surface area contributed by atoms with Crippen LogP contribution in [0.1, 0.15) is 22.0 Å². The number of Topliss-reactive ketones (excluding diaryl/α,β-unsaturated/α-hetero) is 1. The molecule has 2 aromatic carbocycles. The second-order valence-electron chi connectivity index (χ2n) is 7.31. The Morgan fingerprint density at radius 2 is 1.62 bits per heavy atom.